The van der Waals surface area contributed by atoms with E-state index in [4.69, 9.17) is 16.3 Å². The predicted molar refractivity (Wildman–Crippen MR) is 113 cm³/mol. The third-order valence-corrected chi connectivity index (χ3v) is 8.99. The van der Waals surface area contributed by atoms with Gasteiger partial charge in [0.15, 0.2) is 11.6 Å². The lowest BCUT2D eigenvalue weighted by molar-refractivity contribution is -0.152. The quantitative estimate of drug-likeness (QED) is 0.543. The maximum absolute atomic E-state index is 13.0. The van der Waals surface area contributed by atoms with Gasteiger partial charge >= 0.3 is 5.97 Å². The van der Waals surface area contributed by atoms with Crippen LogP contribution in [0.15, 0.2) is 23.8 Å². The Morgan fingerprint density at radius 2 is 2.00 bits per heavy atom. The molecule has 0 aromatic rings. The Balaban J connectivity index is 1.69. The molecule has 4 rings (SSSR count). The fraction of sp³-hybridized carbons (Fsp3) is 0.708. The summed E-state index contributed by atoms with van der Waals surface area (Å²) in [5.41, 5.74) is 0.0984. The first kappa shape index (κ1) is 21.8. The second-order valence-electron chi connectivity index (χ2n) is 10.3. The van der Waals surface area contributed by atoms with Crippen LogP contribution in [-0.4, -0.2) is 40.7 Å². The summed E-state index contributed by atoms with van der Waals surface area (Å²) < 4.78 is 5.02. The zero-order valence-electron chi connectivity index (χ0n) is 18.1. The Morgan fingerprint density at radius 3 is 2.67 bits per heavy atom. The Morgan fingerprint density at radius 1 is 1.30 bits per heavy atom. The lowest BCUT2D eigenvalue weighted by Gasteiger charge is -2.59. The largest absolute Gasteiger partial charge is 0.458 e. The highest BCUT2D eigenvalue weighted by atomic mass is 35.5. The second-order valence-corrected chi connectivity index (χ2v) is 10.9. The zero-order valence-corrected chi connectivity index (χ0v) is 18.8. The van der Waals surface area contributed by atoms with Crippen molar-refractivity contribution in [3.05, 3.63) is 23.8 Å². The molecule has 4 aliphatic rings. The summed E-state index contributed by atoms with van der Waals surface area (Å²) in [7, 11) is 0. The number of halogens is 1. The molecule has 0 amide bonds. The summed E-state index contributed by atoms with van der Waals surface area (Å²) >= 11 is 6.81. The van der Waals surface area contributed by atoms with E-state index in [2.05, 4.69) is 20.8 Å². The molecule has 0 bridgehead atoms. The van der Waals surface area contributed by atoms with Gasteiger partial charge in [0.25, 0.3) is 0 Å². The van der Waals surface area contributed by atoms with Gasteiger partial charge < -0.3 is 9.84 Å². The molecule has 0 aromatic heterocycles. The van der Waals surface area contributed by atoms with Gasteiger partial charge in [-0.25, -0.2) is 0 Å². The van der Waals surface area contributed by atoms with Crippen LogP contribution >= 0.6 is 11.6 Å². The van der Waals surface area contributed by atoms with Gasteiger partial charge in [-0.1, -0.05) is 26.8 Å². The number of aliphatic hydroxyl groups excluding tert-OH is 1. The molecule has 6 heteroatoms. The van der Waals surface area contributed by atoms with Crippen molar-refractivity contribution in [2.75, 3.05) is 6.61 Å². The standard InChI is InChI=1S/C24H31ClO5/c1-12-7-16-15-9-18(25)17-8-14(27)5-6-23(17,3)22(15)19(28)10-24(16,4)21(12)20(29)11-30-13(2)26/h5-6,8,12,15-16,18-19,21-22,28H,7,9-11H2,1-4H3/t12?,15-,16-,18?,19?,21+,22+,23-,24-/m0/s1. The van der Waals surface area contributed by atoms with Crippen LogP contribution < -0.4 is 0 Å². The molecular formula is C24H31ClO5. The van der Waals surface area contributed by atoms with E-state index in [9.17, 15) is 19.5 Å². The van der Waals surface area contributed by atoms with Crippen LogP contribution in [0.2, 0.25) is 0 Å². The highest BCUT2D eigenvalue weighted by Gasteiger charge is 2.65. The van der Waals surface area contributed by atoms with E-state index in [1.807, 2.05) is 6.08 Å². The molecule has 0 heterocycles. The highest BCUT2D eigenvalue weighted by molar-refractivity contribution is 6.23. The van der Waals surface area contributed by atoms with E-state index < -0.39 is 17.5 Å². The lowest BCUT2D eigenvalue weighted by Crippen LogP contribution is -2.58. The van der Waals surface area contributed by atoms with Crippen molar-refractivity contribution in [1.82, 2.24) is 0 Å². The molecule has 1 N–H and O–H groups in total. The monoisotopic (exact) mass is 434 g/mol. The Hall–Kier alpha value is -1.46. The number of Topliss-reactive ketones (excluding diaryl/α,β-unsaturated/α-hetero) is 1. The summed E-state index contributed by atoms with van der Waals surface area (Å²) in [4.78, 5) is 36.2. The van der Waals surface area contributed by atoms with Crippen molar-refractivity contribution in [2.24, 2.45) is 40.4 Å². The lowest BCUT2D eigenvalue weighted by atomic mass is 9.46. The molecule has 4 aliphatic carbocycles. The van der Waals surface area contributed by atoms with E-state index in [-0.39, 0.29) is 58.6 Å². The van der Waals surface area contributed by atoms with E-state index in [0.717, 1.165) is 12.0 Å². The Bertz CT molecular complexity index is 847. The van der Waals surface area contributed by atoms with Crippen LogP contribution in [0.5, 0.6) is 0 Å². The van der Waals surface area contributed by atoms with Gasteiger partial charge in [-0.2, -0.15) is 0 Å². The van der Waals surface area contributed by atoms with E-state index in [0.29, 0.717) is 12.8 Å². The molecule has 30 heavy (non-hydrogen) atoms. The molecule has 0 aliphatic heterocycles. The number of rotatable bonds is 3. The molecule has 0 spiro atoms. The van der Waals surface area contributed by atoms with Crippen LogP contribution in [-0.2, 0) is 19.1 Å². The fourth-order valence-corrected chi connectivity index (χ4v) is 8.15. The number of fused-ring (bicyclic) bond motifs is 5. The Kier molecular flexibility index (Phi) is 5.30. The van der Waals surface area contributed by atoms with Crippen molar-refractivity contribution in [2.45, 2.75) is 58.4 Å². The average Bonchev–Trinajstić information content (AvgIpc) is 2.91. The molecule has 0 aromatic carbocycles. The van der Waals surface area contributed by atoms with E-state index in [1.54, 1.807) is 12.2 Å². The topological polar surface area (TPSA) is 80.7 Å². The molecule has 9 atom stereocenters. The first-order chi connectivity index (χ1) is 14.0. The average molecular weight is 435 g/mol. The predicted octanol–water partition coefficient (Wildman–Crippen LogP) is 3.48. The van der Waals surface area contributed by atoms with E-state index >= 15 is 0 Å². The van der Waals surface area contributed by atoms with Crippen LogP contribution in [0.4, 0.5) is 0 Å². The number of hydrogen-bond donors (Lipinski definition) is 1. The number of carbonyl (C=O) groups is 3. The van der Waals surface area contributed by atoms with Gasteiger partial charge in [-0.15, -0.1) is 11.6 Å². The van der Waals surface area contributed by atoms with Gasteiger partial charge in [-0.3, -0.25) is 14.4 Å². The van der Waals surface area contributed by atoms with Crippen LogP contribution in [0.3, 0.4) is 0 Å². The van der Waals surface area contributed by atoms with Gasteiger partial charge in [-0.05, 0) is 60.2 Å². The van der Waals surface area contributed by atoms with Crippen molar-refractivity contribution in [3.63, 3.8) is 0 Å². The number of allylic oxidation sites excluding steroid dienone is 4. The van der Waals surface area contributed by atoms with Crippen LogP contribution in [0, 0.1) is 40.4 Å². The minimum Gasteiger partial charge on any atom is -0.458 e. The summed E-state index contributed by atoms with van der Waals surface area (Å²) in [6.45, 7) is 7.40. The minimum atomic E-state index is -0.596. The zero-order chi connectivity index (χ0) is 22.0. The number of aliphatic hydroxyl groups is 1. The molecule has 0 saturated heterocycles. The number of ether oxygens (including phenoxy) is 1. The first-order valence-electron chi connectivity index (χ1n) is 10.9. The number of alkyl halides is 1. The molecular weight excluding hydrogens is 404 g/mol. The molecule has 3 saturated carbocycles. The fourth-order valence-electron chi connectivity index (χ4n) is 7.65. The van der Waals surface area contributed by atoms with Gasteiger partial charge in [0.05, 0.1) is 11.5 Å². The third-order valence-electron chi connectivity index (χ3n) is 8.58. The molecule has 3 fully saturated rings. The summed E-state index contributed by atoms with van der Waals surface area (Å²) in [6, 6.07) is 0. The number of esters is 1. The van der Waals surface area contributed by atoms with E-state index in [1.165, 1.54) is 6.92 Å². The summed E-state index contributed by atoms with van der Waals surface area (Å²) in [6.07, 6.45) is 6.70. The van der Waals surface area contributed by atoms with Crippen molar-refractivity contribution < 1.29 is 24.2 Å². The molecule has 3 unspecified atom stereocenters. The van der Waals surface area contributed by atoms with Crippen molar-refractivity contribution in [3.8, 4) is 0 Å². The first-order valence-corrected chi connectivity index (χ1v) is 11.4. The van der Waals surface area contributed by atoms with Crippen molar-refractivity contribution >= 4 is 29.1 Å². The molecule has 0 radical (unpaired) electrons. The number of ketones is 2. The smallest absolute Gasteiger partial charge is 0.303 e. The van der Waals surface area contributed by atoms with Crippen LogP contribution in [0.1, 0.15) is 47.0 Å². The third kappa shape index (κ3) is 3.12. The number of hydrogen-bond acceptors (Lipinski definition) is 5. The van der Waals surface area contributed by atoms with Gasteiger partial charge in [0.1, 0.15) is 6.61 Å². The SMILES string of the molecule is CC(=O)OCC(=O)[C@H]1C(C)C[C@H]2[C@@H]3CC(Cl)C4=CC(=O)C=C[C@]4(C)[C@H]3C(O)C[C@]12C. The van der Waals surface area contributed by atoms with Crippen molar-refractivity contribution in [1.29, 1.82) is 0 Å². The maximum Gasteiger partial charge on any atom is 0.303 e. The minimum absolute atomic E-state index is 0.0318. The number of carbonyl (C=O) groups excluding carboxylic acids is 3. The second kappa shape index (κ2) is 7.30. The maximum atomic E-state index is 13.0. The van der Waals surface area contributed by atoms with Crippen LogP contribution in [0.25, 0.3) is 0 Å². The van der Waals surface area contributed by atoms with Gasteiger partial charge in [0, 0.05) is 24.2 Å². The summed E-state index contributed by atoms with van der Waals surface area (Å²) in [5.74, 6) is -0.282. The normalized spacial score (nSPS) is 47.1. The Labute approximate surface area is 182 Å². The summed E-state index contributed by atoms with van der Waals surface area (Å²) in [5, 5.41) is 11.1. The highest BCUT2D eigenvalue weighted by Crippen LogP contribution is 2.67. The van der Waals surface area contributed by atoms with Gasteiger partial charge in [0.2, 0.25) is 0 Å². The molecule has 5 nitrogen and oxygen atoms in total. The molecule has 164 valence electrons.